The van der Waals surface area contributed by atoms with Crippen LogP contribution in [0.5, 0.6) is 5.75 Å². The summed E-state index contributed by atoms with van der Waals surface area (Å²) in [6.07, 6.45) is 4.61. The summed E-state index contributed by atoms with van der Waals surface area (Å²) in [7, 11) is -2.16. The third kappa shape index (κ3) is 4.90. The molecular weight excluding hydrogens is 440 g/mol. The summed E-state index contributed by atoms with van der Waals surface area (Å²) in [5.74, 6) is 0.350. The second-order valence-electron chi connectivity index (χ2n) is 7.84. The summed E-state index contributed by atoms with van der Waals surface area (Å²) in [6.45, 7) is 0.416. The maximum absolute atomic E-state index is 13.3. The number of sulfonamides is 1. The van der Waals surface area contributed by atoms with Gasteiger partial charge in [-0.1, -0.05) is 12.1 Å². The van der Waals surface area contributed by atoms with Gasteiger partial charge in [0.25, 0.3) is 5.91 Å². The van der Waals surface area contributed by atoms with Crippen molar-refractivity contribution in [2.75, 3.05) is 19.0 Å². The highest BCUT2D eigenvalue weighted by Gasteiger charge is 2.39. The lowest BCUT2D eigenvalue weighted by molar-refractivity contribution is 0.102. The number of nitrogens with zero attached hydrogens (tertiary/aromatic N) is 2. The average Bonchev–Trinajstić information content (AvgIpc) is 3.35. The monoisotopic (exact) mass is 466 g/mol. The highest BCUT2D eigenvalue weighted by Crippen LogP contribution is 2.33. The van der Waals surface area contributed by atoms with Crippen molar-refractivity contribution < 1.29 is 17.9 Å². The normalized spacial score (nSPS) is 17.5. The van der Waals surface area contributed by atoms with Gasteiger partial charge in [0.15, 0.2) is 0 Å². The first-order valence-electron chi connectivity index (χ1n) is 10.6. The first-order valence-corrected chi connectivity index (χ1v) is 12.1. The zero-order chi connectivity index (χ0) is 23.4. The van der Waals surface area contributed by atoms with Crippen LogP contribution >= 0.6 is 0 Å². The van der Waals surface area contributed by atoms with E-state index in [9.17, 15) is 13.2 Å². The molecular formula is C24H26N4O4S. The second kappa shape index (κ2) is 9.70. The summed E-state index contributed by atoms with van der Waals surface area (Å²) < 4.78 is 33.2. The van der Waals surface area contributed by atoms with Crippen molar-refractivity contribution in [3.8, 4) is 5.75 Å². The number of ether oxygens (including phenoxy) is 1. The van der Waals surface area contributed by atoms with E-state index in [1.165, 1.54) is 11.4 Å². The number of amides is 1. The fourth-order valence-electron chi connectivity index (χ4n) is 4.02. The first kappa shape index (κ1) is 22.9. The molecule has 4 rings (SSSR count). The number of anilines is 1. The van der Waals surface area contributed by atoms with Crippen molar-refractivity contribution in [2.45, 2.75) is 29.8 Å². The zero-order valence-corrected chi connectivity index (χ0v) is 19.0. The lowest BCUT2D eigenvalue weighted by Crippen LogP contribution is -2.42. The van der Waals surface area contributed by atoms with E-state index in [2.05, 4.69) is 10.3 Å². The lowest BCUT2D eigenvalue weighted by Gasteiger charge is -2.29. The van der Waals surface area contributed by atoms with Crippen molar-refractivity contribution in [2.24, 2.45) is 5.73 Å². The maximum Gasteiger partial charge on any atom is 0.255 e. The minimum atomic E-state index is -3.69. The smallest absolute Gasteiger partial charge is 0.255 e. The zero-order valence-electron chi connectivity index (χ0n) is 18.2. The fourth-order valence-corrected chi connectivity index (χ4v) is 5.74. The van der Waals surface area contributed by atoms with Crippen LogP contribution in [-0.2, 0) is 10.0 Å². The van der Waals surface area contributed by atoms with Gasteiger partial charge in [0, 0.05) is 42.3 Å². The van der Waals surface area contributed by atoms with Gasteiger partial charge in [-0.15, -0.1) is 0 Å². The summed E-state index contributed by atoms with van der Waals surface area (Å²) in [4.78, 5) is 16.6. The third-order valence-electron chi connectivity index (χ3n) is 5.82. The summed E-state index contributed by atoms with van der Waals surface area (Å²) in [6, 6.07) is 15.8. The molecule has 1 saturated heterocycles. The molecule has 2 atom stereocenters. The minimum absolute atomic E-state index is 0.213. The highest BCUT2D eigenvalue weighted by molar-refractivity contribution is 7.89. The van der Waals surface area contributed by atoms with Crippen LogP contribution in [0.1, 0.15) is 34.8 Å². The van der Waals surface area contributed by atoms with Crippen LogP contribution in [0.3, 0.4) is 0 Å². The van der Waals surface area contributed by atoms with E-state index in [4.69, 9.17) is 10.5 Å². The van der Waals surface area contributed by atoms with Gasteiger partial charge in [-0.2, -0.15) is 4.31 Å². The number of pyridine rings is 1. The predicted octanol–water partition coefficient (Wildman–Crippen LogP) is 3.20. The van der Waals surface area contributed by atoms with Gasteiger partial charge in [0.1, 0.15) is 5.75 Å². The number of methoxy groups -OCH3 is 1. The van der Waals surface area contributed by atoms with Gasteiger partial charge in [-0.25, -0.2) is 8.42 Å². The molecule has 0 bridgehead atoms. The van der Waals surface area contributed by atoms with Crippen molar-refractivity contribution in [1.29, 1.82) is 0 Å². The van der Waals surface area contributed by atoms with Crippen molar-refractivity contribution in [3.05, 3.63) is 84.2 Å². The fraction of sp³-hybridized carbons (Fsp3) is 0.250. The van der Waals surface area contributed by atoms with Gasteiger partial charge >= 0.3 is 0 Å². The van der Waals surface area contributed by atoms with Crippen LogP contribution in [0.15, 0.2) is 78.0 Å². The van der Waals surface area contributed by atoms with Crippen LogP contribution in [0.25, 0.3) is 0 Å². The molecule has 1 fully saturated rings. The van der Waals surface area contributed by atoms with Gasteiger partial charge < -0.3 is 15.8 Å². The lowest BCUT2D eigenvalue weighted by atomic mass is 9.98. The molecule has 8 nitrogen and oxygen atoms in total. The molecule has 0 aliphatic carbocycles. The molecule has 9 heteroatoms. The predicted molar refractivity (Wildman–Crippen MR) is 125 cm³/mol. The number of carbonyl (C=O) groups excluding carboxylic acids is 1. The first-order chi connectivity index (χ1) is 15.9. The molecule has 3 N–H and O–H groups in total. The van der Waals surface area contributed by atoms with E-state index in [0.717, 1.165) is 12.0 Å². The molecule has 3 aromatic rings. The van der Waals surface area contributed by atoms with Crippen LogP contribution in [0.2, 0.25) is 0 Å². The molecule has 2 heterocycles. The van der Waals surface area contributed by atoms with Gasteiger partial charge in [-0.05, 0) is 66.9 Å². The molecule has 1 aliphatic rings. The number of nitrogens with two attached hydrogens (primary N) is 1. The molecule has 172 valence electrons. The second-order valence-corrected chi connectivity index (χ2v) is 9.73. The van der Waals surface area contributed by atoms with Crippen molar-refractivity contribution in [3.63, 3.8) is 0 Å². The van der Waals surface area contributed by atoms with E-state index in [-0.39, 0.29) is 16.8 Å². The molecule has 1 aromatic heterocycles. The Morgan fingerprint density at radius 1 is 1.09 bits per heavy atom. The minimum Gasteiger partial charge on any atom is -0.497 e. The van der Waals surface area contributed by atoms with E-state index in [1.807, 2.05) is 0 Å². The number of hydrogen-bond acceptors (Lipinski definition) is 6. The number of nitrogens with one attached hydrogen (secondary N) is 1. The van der Waals surface area contributed by atoms with Gasteiger partial charge in [0.05, 0.1) is 12.0 Å². The average molecular weight is 467 g/mol. The number of carbonyl (C=O) groups is 1. The molecule has 33 heavy (non-hydrogen) atoms. The maximum atomic E-state index is 13.3. The van der Waals surface area contributed by atoms with E-state index < -0.39 is 16.1 Å². The van der Waals surface area contributed by atoms with Crippen molar-refractivity contribution in [1.82, 2.24) is 9.29 Å². The third-order valence-corrected chi connectivity index (χ3v) is 7.76. The number of benzene rings is 2. The van der Waals surface area contributed by atoms with Crippen LogP contribution in [0, 0.1) is 0 Å². The van der Waals surface area contributed by atoms with Crippen LogP contribution in [0.4, 0.5) is 5.69 Å². The molecule has 0 saturated carbocycles. The number of aromatic nitrogens is 1. The number of hydrogen-bond donors (Lipinski definition) is 2. The summed E-state index contributed by atoms with van der Waals surface area (Å²) >= 11 is 0. The standard InChI is InChI=1S/C24H26N4O4S/c1-32-20-8-10-21(11-9-20)33(30,31)28-16-2-3-22(28)23(25)17-4-6-18(7-5-17)24(29)27-19-12-14-26-15-13-19/h4-15,22-23H,2-3,16,25H2,1H3,(H,26,27,29). The molecule has 1 aliphatic heterocycles. The highest BCUT2D eigenvalue weighted by atomic mass is 32.2. The molecule has 2 aromatic carbocycles. The van der Waals surface area contributed by atoms with Crippen LogP contribution < -0.4 is 15.8 Å². The molecule has 0 spiro atoms. The van der Waals surface area contributed by atoms with Gasteiger partial charge in [-0.3, -0.25) is 9.78 Å². The molecule has 1 amide bonds. The van der Waals surface area contributed by atoms with E-state index in [0.29, 0.717) is 30.0 Å². The SMILES string of the molecule is COc1ccc(S(=O)(=O)N2CCCC2C(N)c2ccc(C(=O)Nc3ccncc3)cc2)cc1. The Hall–Kier alpha value is -3.27. The molecule has 2 unspecified atom stereocenters. The molecule has 0 radical (unpaired) electrons. The van der Waals surface area contributed by atoms with Crippen LogP contribution in [-0.4, -0.2) is 43.3 Å². The van der Waals surface area contributed by atoms with E-state index in [1.54, 1.807) is 73.1 Å². The van der Waals surface area contributed by atoms with E-state index >= 15 is 0 Å². The van der Waals surface area contributed by atoms with Crippen molar-refractivity contribution >= 4 is 21.6 Å². The Kier molecular flexibility index (Phi) is 6.73. The summed E-state index contributed by atoms with van der Waals surface area (Å²) in [5.41, 5.74) is 8.44. The Bertz CT molecular complexity index is 1200. The quantitative estimate of drug-likeness (QED) is 0.553. The Balaban J connectivity index is 1.49. The largest absolute Gasteiger partial charge is 0.497 e. The Morgan fingerprint density at radius 2 is 1.76 bits per heavy atom. The van der Waals surface area contributed by atoms with Gasteiger partial charge in [0.2, 0.25) is 10.0 Å². The number of rotatable bonds is 7. The Labute approximate surface area is 193 Å². The topological polar surface area (TPSA) is 115 Å². The Morgan fingerprint density at radius 3 is 2.39 bits per heavy atom. The summed E-state index contributed by atoms with van der Waals surface area (Å²) in [5, 5.41) is 2.81.